The quantitative estimate of drug-likeness (QED) is 0.807. The fourth-order valence-electron chi connectivity index (χ4n) is 5.88. The van der Waals surface area contributed by atoms with Crippen LogP contribution in [0.2, 0.25) is 0 Å². The second-order valence-electron chi connectivity index (χ2n) is 8.54. The second kappa shape index (κ2) is 5.14. The predicted molar refractivity (Wildman–Crippen MR) is 89.7 cm³/mol. The average Bonchev–Trinajstić information content (AvgIpc) is 2.48. The molecule has 23 heavy (non-hydrogen) atoms. The summed E-state index contributed by atoms with van der Waals surface area (Å²) in [7, 11) is 0. The van der Waals surface area contributed by atoms with Crippen LogP contribution in [0.5, 0.6) is 0 Å². The van der Waals surface area contributed by atoms with E-state index in [1.165, 1.54) is 0 Å². The van der Waals surface area contributed by atoms with Crippen molar-refractivity contribution >= 4 is 11.6 Å². The van der Waals surface area contributed by atoms with E-state index in [9.17, 15) is 14.7 Å². The van der Waals surface area contributed by atoms with Crippen molar-refractivity contribution in [1.29, 1.82) is 0 Å². The number of aliphatic hydroxyl groups excluding tert-OH is 1. The highest BCUT2D eigenvalue weighted by atomic mass is 16.3. The van der Waals surface area contributed by atoms with Gasteiger partial charge in [0.1, 0.15) is 5.78 Å². The molecule has 3 heteroatoms. The summed E-state index contributed by atoms with van der Waals surface area (Å²) in [5, 5.41) is 10.8. The highest BCUT2D eigenvalue weighted by Crippen LogP contribution is 2.62. The number of rotatable bonds is 1. The number of fused-ring (bicyclic) bond motifs is 3. The van der Waals surface area contributed by atoms with Gasteiger partial charge in [0.15, 0.2) is 5.78 Å². The minimum Gasteiger partial charge on any atom is -0.392 e. The zero-order valence-corrected chi connectivity index (χ0v) is 14.6. The Hall–Kier alpha value is -1.22. The van der Waals surface area contributed by atoms with Crippen molar-refractivity contribution in [2.24, 2.45) is 34.5 Å². The Labute approximate surface area is 138 Å². The lowest BCUT2D eigenvalue weighted by molar-refractivity contribution is -0.184. The van der Waals surface area contributed by atoms with Gasteiger partial charge in [-0.15, -0.1) is 0 Å². The zero-order chi connectivity index (χ0) is 17.2. The van der Waals surface area contributed by atoms with Gasteiger partial charge >= 0.3 is 0 Å². The number of Topliss-reactive ketones (excluding diaryl/α,β-unsaturated/α-hetero) is 1. The highest BCUT2D eigenvalue weighted by molar-refractivity contribution is 5.96. The molecule has 0 heterocycles. The van der Waals surface area contributed by atoms with Gasteiger partial charge in [0.05, 0.1) is 6.10 Å². The summed E-state index contributed by atoms with van der Waals surface area (Å²) >= 11 is 0. The summed E-state index contributed by atoms with van der Waals surface area (Å²) in [6, 6.07) is 0. The summed E-state index contributed by atoms with van der Waals surface area (Å²) in [5.41, 5.74) is 0.0266. The highest BCUT2D eigenvalue weighted by Gasteiger charge is 2.64. The number of hydrogen-bond acceptors (Lipinski definition) is 3. The minimum atomic E-state index is -0.726. The normalized spacial score (nSPS) is 45.8. The molecule has 126 valence electrons. The van der Waals surface area contributed by atoms with E-state index in [0.29, 0.717) is 0 Å². The van der Waals surface area contributed by atoms with Crippen LogP contribution in [0, 0.1) is 34.5 Å². The Morgan fingerprint density at radius 3 is 2.52 bits per heavy atom. The largest absolute Gasteiger partial charge is 0.392 e. The van der Waals surface area contributed by atoms with Crippen molar-refractivity contribution in [3.8, 4) is 0 Å². The molecular weight excluding hydrogens is 288 g/mol. The number of hydrogen-bond donors (Lipinski definition) is 1. The van der Waals surface area contributed by atoms with Crippen LogP contribution in [0.4, 0.5) is 0 Å². The van der Waals surface area contributed by atoms with Crippen molar-refractivity contribution in [2.45, 2.75) is 53.1 Å². The summed E-state index contributed by atoms with van der Waals surface area (Å²) in [4.78, 5) is 25.4. The molecule has 0 aliphatic heterocycles. The first-order valence-corrected chi connectivity index (χ1v) is 8.75. The topological polar surface area (TPSA) is 54.4 Å². The Morgan fingerprint density at radius 2 is 1.91 bits per heavy atom. The number of aliphatic hydroxyl groups is 1. The lowest BCUT2D eigenvalue weighted by Crippen LogP contribution is -2.63. The van der Waals surface area contributed by atoms with E-state index in [-0.39, 0.29) is 41.7 Å². The molecule has 1 unspecified atom stereocenters. The smallest absolute Gasteiger partial charge is 0.159 e. The van der Waals surface area contributed by atoms with Gasteiger partial charge < -0.3 is 5.11 Å². The molecule has 2 saturated carbocycles. The van der Waals surface area contributed by atoms with Gasteiger partial charge in [-0.2, -0.15) is 0 Å². The van der Waals surface area contributed by atoms with Crippen LogP contribution in [0.15, 0.2) is 24.3 Å². The molecule has 3 nitrogen and oxygen atoms in total. The summed E-state index contributed by atoms with van der Waals surface area (Å²) in [6.07, 6.45) is 4.79. The molecule has 0 bridgehead atoms. The molecule has 6 atom stereocenters. The van der Waals surface area contributed by atoms with E-state index >= 15 is 0 Å². The van der Waals surface area contributed by atoms with E-state index in [1.807, 2.05) is 20.8 Å². The van der Waals surface area contributed by atoms with Crippen molar-refractivity contribution in [1.82, 2.24) is 0 Å². The zero-order valence-electron chi connectivity index (χ0n) is 14.6. The van der Waals surface area contributed by atoms with Gasteiger partial charge in [-0.25, -0.2) is 0 Å². The number of carbonyl (C=O) groups excluding carboxylic acids is 2. The molecule has 3 aliphatic rings. The third kappa shape index (κ3) is 2.05. The summed E-state index contributed by atoms with van der Waals surface area (Å²) in [5.74, 6) is 0.620. The molecule has 0 radical (unpaired) electrons. The van der Waals surface area contributed by atoms with Gasteiger partial charge in [0.25, 0.3) is 0 Å². The molecule has 3 aliphatic carbocycles. The van der Waals surface area contributed by atoms with Crippen molar-refractivity contribution < 1.29 is 14.7 Å². The Bertz CT molecular complexity index is 600. The molecule has 0 aromatic carbocycles. The molecule has 0 spiro atoms. The molecule has 1 N–H and O–H groups in total. The Morgan fingerprint density at radius 1 is 1.26 bits per heavy atom. The number of ketones is 2. The predicted octanol–water partition coefficient (Wildman–Crippen LogP) is 3.33. The van der Waals surface area contributed by atoms with Crippen LogP contribution >= 0.6 is 0 Å². The summed E-state index contributed by atoms with van der Waals surface area (Å²) in [6.45, 7) is 12.0. The lowest BCUT2D eigenvalue weighted by Gasteiger charge is -2.61. The number of carbonyl (C=O) groups is 2. The molecule has 2 fully saturated rings. The van der Waals surface area contributed by atoms with Crippen LogP contribution in [0.25, 0.3) is 0 Å². The second-order valence-corrected chi connectivity index (χ2v) is 8.54. The summed E-state index contributed by atoms with van der Waals surface area (Å²) < 4.78 is 0. The fourth-order valence-corrected chi connectivity index (χ4v) is 5.88. The van der Waals surface area contributed by atoms with Crippen LogP contribution < -0.4 is 0 Å². The molecule has 0 aromatic rings. The maximum absolute atomic E-state index is 12.9. The molecule has 0 aromatic heterocycles. The van der Waals surface area contributed by atoms with E-state index in [0.717, 1.165) is 18.4 Å². The standard InChI is InChI=1S/C20H28O3/c1-6-12-9-14(21)18-13(11(12)2)7-8-15-19(3,4)16(22)10-17(23)20(15,18)5/h6,9,11,13,15,17-18,23H,1,7-8,10H2,2-5H3/t11-,13?,15-,17+,18+,20+/m1/s1. The molecule has 0 amide bonds. The van der Waals surface area contributed by atoms with Gasteiger partial charge in [0.2, 0.25) is 0 Å². The van der Waals surface area contributed by atoms with Crippen LogP contribution in [0.3, 0.4) is 0 Å². The first-order valence-electron chi connectivity index (χ1n) is 8.75. The van der Waals surface area contributed by atoms with E-state index in [2.05, 4.69) is 13.5 Å². The van der Waals surface area contributed by atoms with Gasteiger partial charge in [0, 0.05) is 23.2 Å². The van der Waals surface area contributed by atoms with Crippen LogP contribution in [0.1, 0.15) is 47.0 Å². The first-order chi connectivity index (χ1) is 10.7. The minimum absolute atomic E-state index is 0.0577. The van der Waals surface area contributed by atoms with Crippen molar-refractivity contribution in [2.75, 3.05) is 0 Å². The van der Waals surface area contributed by atoms with E-state index < -0.39 is 16.9 Å². The average molecular weight is 316 g/mol. The van der Waals surface area contributed by atoms with Crippen LogP contribution in [-0.4, -0.2) is 22.8 Å². The molecular formula is C20H28O3. The number of allylic oxidation sites excluding steroid dienone is 3. The van der Waals surface area contributed by atoms with E-state index in [4.69, 9.17) is 0 Å². The van der Waals surface area contributed by atoms with Gasteiger partial charge in [-0.1, -0.05) is 40.3 Å². The maximum atomic E-state index is 12.9. The van der Waals surface area contributed by atoms with E-state index in [1.54, 1.807) is 12.2 Å². The maximum Gasteiger partial charge on any atom is 0.159 e. The Balaban J connectivity index is 2.11. The van der Waals surface area contributed by atoms with Gasteiger partial charge in [-0.05, 0) is 42.2 Å². The third-order valence-corrected chi connectivity index (χ3v) is 7.34. The van der Waals surface area contributed by atoms with Gasteiger partial charge in [-0.3, -0.25) is 9.59 Å². The van der Waals surface area contributed by atoms with Crippen molar-refractivity contribution in [3.63, 3.8) is 0 Å². The lowest BCUT2D eigenvalue weighted by atomic mass is 9.42. The van der Waals surface area contributed by atoms with Crippen molar-refractivity contribution in [3.05, 3.63) is 24.3 Å². The first kappa shape index (κ1) is 16.6. The third-order valence-electron chi connectivity index (χ3n) is 7.34. The SMILES string of the molecule is C=CC1=CC(=O)[C@@H]2C(CC[C@@H]3C(C)(C)C(=O)C[C@H](O)[C@@]23C)[C@@H]1C. The molecule has 3 rings (SSSR count). The Kier molecular flexibility index (Phi) is 3.72. The monoisotopic (exact) mass is 316 g/mol. The molecule has 0 saturated heterocycles. The van der Waals surface area contributed by atoms with Crippen LogP contribution in [-0.2, 0) is 9.59 Å². The fraction of sp³-hybridized carbons (Fsp3) is 0.700.